The summed E-state index contributed by atoms with van der Waals surface area (Å²) < 4.78 is 1.89. The van der Waals surface area contributed by atoms with E-state index < -0.39 is 0 Å². The van der Waals surface area contributed by atoms with E-state index in [1.807, 2.05) is 37.5 Å². The van der Waals surface area contributed by atoms with Crippen LogP contribution in [-0.4, -0.2) is 20.6 Å². The number of nitrogens with zero attached hydrogens (tertiary/aromatic N) is 2. The summed E-state index contributed by atoms with van der Waals surface area (Å²) in [5.74, 6) is 0. The molecule has 0 aliphatic rings. The zero-order valence-corrected chi connectivity index (χ0v) is 14.2. The summed E-state index contributed by atoms with van der Waals surface area (Å²) >= 11 is 1.80. The molecule has 0 spiro atoms. The van der Waals surface area contributed by atoms with Gasteiger partial charge in [-0.05, 0) is 24.3 Å². The first-order valence-electron chi connectivity index (χ1n) is 7.13. The van der Waals surface area contributed by atoms with E-state index in [2.05, 4.69) is 36.5 Å². The predicted molar refractivity (Wildman–Crippen MR) is 91.1 cm³/mol. The zero-order chi connectivity index (χ0) is 16.2. The van der Waals surface area contributed by atoms with E-state index in [1.165, 1.54) is 4.90 Å². The van der Waals surface area contributed by atoms with Crippen molar-refractivity contribution < 1.29 is 4.79 Å². The molecule has 1 aromatic carbocycles. The minimum atomic E-state index is -0.222. The van der Waals surface area contributed by atoms with Crippen LogP contribution in [0.5, 0.6) is 0 Å². The van der Waals surface area contributed by atoms with Crippen LogP contribution in [0.3, 0.4) is 0 Å². The third kappa shape index (κ3) is 5.44. The summed E-state index contributed by atoms with van der Waals surface area (Å²) in [5.41, 5.74) is 1.75. The molecule has 118 valence electrons. The Morgan fingerprint density at radius 1 is 1.27 bits per heavy atom. The van der Waals surface area contributed by atoms with Gasteiger partial charge < -0.3 is 10.6 Å². The van der Waals surface area contributed by atoms with Crippen molar-refractivity contribution in [1.82, 2.24) is 15.1 Å². The van der Waals surface area contributed by atoms with Gasteiger partial charge in [0.05, 0.1) is 6.20 Å². The Morgan fingerprint density at radius 2 is 1.95 bits per heavy atom. The summed E-state index contributed by atoms with van der Waals surface area (Å²) in [6, 6.07) is 7.65. The van der Waals surface area contributed by atoms with Gasteiger partial charge in [0.25, 0.3) is 0 Å². The molecule has 5 nitrogen and oxygen atoms in total. The number of hydrogen-bond donors (Lipinski definition) is 2. The van der Waals surface area contributed by atoms with Crippen LogP contribution in [0.2, 0.25) is 0 Å². The lowest BCUT2D eigenvalue weighted by Gasteiger charge is -2.17. The summed E-state index contributed by atoms with van der Waals surface area (Å²) in [5, 5.41) is 9.69. The van der Waals surface area contributed by atoms with Crippen LogP contribution in [0.25, 0.3) is 0 Å². The van der Waals surface area contributed by atoms with Gasteiger partial charge in [0, 0.05) is 40.7 Å². The second-order valence-electron chi connectivity index (χ2n) is 6.07. The van der Waals surface area contributed by atoms with Gasteiger partial charge in [-0.3, -0.25) is 4.68 Å². The molecule has 0 saturated heterocycles. The third-order valence-corrected chi connectivity index (χ3v) is 3.87. The molecule has 0 radical (unpaired) electrons. The molecular formula is C16H22N4OS. The molecule has 2 aromatic rings. The molecule has 0 unspecified atom stereocenters. The highest BCUT2D eigenvalue weighted by Gasteiger charge is 2.11. The first kappa shape index (κ1) is 16.4. The SMILES string of the molecule is Cn1cc(CNC(=O)Nc2ccc(SC(C)(C)C)cc2)cn1. The number of thioether (sulfide) groups is 1. The van der Waals surface area contributed by atoms with Gasteiger partial charge in [0.2, 0.25) is 0 Å². The number of carbonyl (C=O) groups is 1. The first-order valence-corrected chi connectivity index (χ1v) is 7.95. The molecule has 0 fully saturated rings. The molecule has 0 aliphatic heterocycles. The highest BCUT2D eigenvalue weighted by Crippen LogP contribution is 2.32. The van der Waals surface area contributed by atoms with Crippen LogP contribution < -0.4 is 10.6 Å². The zero-order valence-electron chi connectivity index (χ0n) is 13.4. The predicted octanol–water partition coefficient (Wildman–Crippen LogP) is 3.63. The van der Waals surface area contributed by atoms with Crippen molar-refractivity contribution in [3.05, 3.63) is 42.2 Å². The average molecular weight is 318 g/mol. The van der Waals surface area contributed by atoms with E-state index in [4.69, 9.17) is 0 Å². The van der Waals surface area contributed by atoms with Gasteiger partial charge in [0.1, 0.15) is 0 Å². The topological polar surface area (TPSA) is 59.0 Å². The maximum Gasteiger partial charge on any atom is 0.319 e. The number of benzene rings is 1. The minimum absolute atomic E-state index is 0.177. The minimum Gasteiger partial charge on any atom is -0.334 e. The van der Waals surface area contributed by atoms with Gasteiger partial charge >= 0.3 is 6.03 Å². The molecule has 22 heavy (non-hydrogen) atoms. The lowest BCUT2D eigenvalue weighted by Crippen LogP contribution is -2.28. The number of aryl methyl sites for hydroxylation is 1. The fourth-order valence-electron chi connectivity index (χ4n) is 1.88. The number of nitrogens with one attached hydrogen (secondary N) is 2. The standard InChI is InChI=1S/C16H22N4OS/c1-16(2,3)22-14-7-5-13(6-8-14)19-15(21)17-9-12-10-18-20(4)11-12/h5-8,10-11H,9H2,1-4H3,(H2,17,19,21). The number of urea groups is 1. The summed E-state index contributed by atoms with van der Waals surface area (Å²) in [6.07, 6.45) is 3.61. The second-order valence-corrected chi connectivity index (χ2v) is 7.97. The first-order chi connectivity index (χ1) is 10.3. The smallest absolute Gasteiger partial charge is 0.319 e. The van der Waals surface area contributed by atoms with Gasteiger partial charge in [-0.1, -0.05) is 20.8 Å². The van der Waals surface area contributed by atoms with Crippen molar-refractivity contribution in [3.63, 3.8) is 0 Å². The van der Waals surface area contributed by atoms with Crippen LogP contribution in [0.4, 0.5) is 10.5 Å². The van der Waals surface area contributed by atoms with Crippen LogP contribution in [0.15, 0.2) is 41.6 Å². The molecule has 0 aliphatic carbocycles. The molecule has 0 atom stereocenters. The van der Waals surface area contributed by atoms with Crippen molar-refractivity contribution in [2.75, 3.05) is 5.32 Å². The number of rotatable bonds is 4. The van der Waals surface area contributed by atoms with Crippen molar-refractivity contribution in [3.8, 4) is 0 Å². The average Bonchev–Trinajstić information content (AvgIpc) is 2.83. The lowest BCUT2D eigenvalue weighted by molar-refractivity contribution is 0.251. The number of hydrogen-bond acceptors (Lipinski definition) is 3. The Hall–Kier alpha value is -1.95. The maximum absolute atomic E-state index is 11.9. The van der Waals surface area contributed by atoms with Gasteiger partial charge in [-0.2, -0.15) is 5.10 Å². The molecule has 0 saturated carbocycles. The van der Waals surface area contributed by atoms with Crippen LogP contribution in [-0.2, 0) is 13.6 Å². The number of anilines is 1. The van der Waals surface area contributed by atoms with Crippen LogP contribution >= 0.6 is 11.8 Å². The second kappa shape index (κ2) is 6.87. The third-order valence-electron chi connectivity index (χ3n) is 2.75. The fraction of sp³-hybridized carbons (Fsp3) is 0.375. The van der Waals surface area contributed by atoms with Crippen molar-refractivity contribution >= 4 is 23.5 Å². The van der Waals surface area contributed by atoms with Gasteiger partial charge in [-0.15, -0.1) is 11.8 Å². The van der Waals surface area contributed by atoms with Crippen molar-refractivity contribution in [2.24, 2.45) is 7.05 Å². The molecule has 6 heteroatoms. The van der Waals surface area contributed by atoms with E-state index in [-0.39, 0.29) is 10.8 Å². The molecule has 2 N–H and O–H groups in total. The molecule has 2 rings (SSSR count). The summed E-state index contributed by atoms with van der Waals surface area (Å²) in [4.78, 5) is 13.0. The van der Waals surface area contributed by atoms with E-state index in [9.17, 15) is 4.79 Å². The molecular weight excluding hydrogens is 296 g/mol. The molecule has 1 aromatic heterocycles. The van der Waals surface area contributed by atoms with E-state index in [1.54, 1.807) is 22.6 Å². The summed E-state index contributed by atoms with van der Waals surface area (Å²) in [6.45, 7) is 6.98. The Labute approximate surface area is 135 Å². The normalized spacial score (nSPS) is 11.3. The fourth-order valence-corrected chi connectivity index (χ4v) is 2.86. The van der Waals surface area contributed by atoms with Crippen molar-refractivity contribution in [2.45, 2.75) is 37.0 Å². The van der Waals surface area contributed by atoms with E-state index >= 15 is 0 Å². The van der Waals surface area contributed by atoms with Crippen molar-refractivity contribution in [1.29, 1.82) is 0 Å². The molecule has 0 bridgehead atoms. The number of aromatic nitrogens is 2. The van der Waals surface area contributed by atoms with Crippen LogP contribution in [0.1, 0.15) is 26.3 Å². The monoisotopic (exact) mass is 318 g/mol. The maximum atomic E-state index is 11.9. The summed E-state index contributed by atoms with van der Waals surface area (Å²) in [7, 11) is 1.85. The molecule has 2 amide bonds. The van der Waals surface area contributed by atoms with E-state index in [0.717, 1.165) is 11.3 Å². The Bertz CT molecular complexity index is 628. The van der Waals surface area contributed by atoms with E-state index in [0.29, 0.717) is 6.54 Å². The Balaban J connectivity index is 1.83. The highest BCUT2D eigenvalue weighted by molar-refractivity contribution is 8.00. The largest absolute Gasteiger partial charge is 0.334 e. The lowest BCUT2D eigenvalue weighted by atomic mass is 10.3. The number of carbonyl (C=O) groups excluding carboxylic acids is 1. The highest BCUT2D eigenvalue weighted by atomic mass is 32.2. The van der Waals surface area contributed by atoms with Gasteiger partial charge in [-0.25, -0.2) is 4.79 Å². The van der Waals surface area contributed by atoms with Crippen LogP contribution in [0, 0.1) is 0 Å². The Morgan fingerprint density at radius 3 is 2.50 bits per heavy atom. The Kier molecular flexibility index (Phi) is 5.13. The van der Waals surface area contributed by atoms with Gasteiger partial charge in [0.15, 0.2) is 0 Å². The number of amides is 2. The molecule has 1 heterocycles. The quantitative estimate of drug-likeness (QED) is 0.846.